The minimum atomic E-state index is -0.970. The van der Waals surface area contributed by atoms with Gasteiger partial charge < -0.3 is 5.11 Å². The fraction of sp³-hybridized carbons (Fsp3) is 0.273. The zero-order valence-electron chi connectivity index (χ0n) is 8.46. The summed E-state index contributed by atoms with van der Waals surface area (Å²) < 4.78 is 0. The van der Waals surface area contributed by atoms with Crippen LogP contribution in [0.4, 0.5) is 5.69 Å². The molecule has 1 aliphatic rings. The normalized spacial score (nSPS) is 20.2. The molecule has 0 saturated carbocycles. The van der Waals surface area contributed by atoms with Gasteiger partial charge in [0.05, 0.1) is 5.69 Å². The first-order valence-electron chi connectivity index (χ1n) is 4.94. The average Bonchev–Trinajstić information content (AvgIpc) is 2.61. The Balaban J connectivity index is 2.41. The Bertz CT molecular complexity index is 447. The quantitative estimate of drug-likeness (QED) is 0.767. The number of nitrogens with zero attached hydrogens (tertiary/aromatic N) is 1. The number of carboxylic acids is 1. The zero-order chi connectivity index (χ0) is 11.7. The lowest BCUT2D eigenvalue weighted by molar-refractivity contribution is -0.138. The lowest BCUT2D eigenvalue weighted by atomic mass is 10.2. The molecule has 1 unspecified atom stereocenters. The van der Waals surface area contributed by atoms with Gasteiger partial charge in [0.15, 0.2) is 0 Å². The molecular weight excluding hydrogens is 226 g/mol. The van der Waals surface area contributed by atoms with E-state index in [1.165, 1.54) is 4.90 Å². The number of carbonyl (C=O) groups excluding carboxylic acids is 1. The standard InChI is InChI=1S/C11H11NO3S/c13-10-6-5-8(11(14)15)12(10)7-3-1-2-4-9(7)16/h1-4,8,16H,5-6H2,(H,14,15). The molecule has 1 aliphatic heterocycles. The van der Waals surface area contributed by atoms with Crippen molar-refractivity contribution in [2.24, 2.45) is 0 Å². The molecule has 0 aromatic heterocycles. The van der Waals surface area contributed by atoms with Crippen LogP contribution in [-0.4, -0.2) is 23.0 Å². The van der Waals surface area contributed by atoms with Gasteiger partial charge in [0, 0.05) is 11.3 Å². The molecule has 1 saturated heterocycles. The molecule has 1 amide bonds. The minimum Gasteiger partial charge on any atom is -0.480 e. The smallest absolute Gasteiger partial charge is 0.326 e. The number of thiol groups is 1. The number of aliphatic carboxylic acids is 1. The van der Waals surface area contributed by atoms with E-state index in [2.05, 4.69) is 12.6 Å². The molecule has 0 bridgehead atoms. The first-order valence-corrected chi connectivity index (χ1v) is 5.39. The third-order valence-corrected chi connectivity index (χ3v) is 3.02. The van der Waals surface area contributed by atoms with E-state index in [0.717, 1.165) is 0 Å². The summed E-state index contributed by atoms with van der Waals surface area (Å²) in [6, 6.07) is 6.24. The highest BCUT2D eigenvalue weighted by Crippen LogP contribution is 2.31. The number of rotatable bonds is 2. The summed E-state index contributed by atoms with van der Waals surface area (Å²) in [5.41, 5.74) is 0.570. The summed E-state index contributed by atoms with van der Waals surface area (Å²) in [6.07, 6.45) is 0.634. The second-order valence-corrected chi connectivity index (χ2v) is 4.13. The van der Waals surface area contributed by atoms with Crippen LogP contribution in [0.15, 0.2) is 29.2 Å². The van der Waals surface area contributed by atoms with Gasteiger partial charge in [0.2, 0.25) is 5.91 Å². The van der Waals surface area contributed by atoms with Crippen molar-refractivity contribution >= 4 is 30.2 Å². The van der Waals surface area contributed by atoms with E-state index in [1.807, 2.05) is 0 Å². The second kappa shape index (κ2) is 4.17. The van der Waals surface area contributed by atoms with E-state index < -0.39 is 12.0 Å². The largest absolute Gasteiger partial charge is 0.480 e. The van der Waals surface area contributed by atoms with Gasteiger partial charge in [0.1, 0.15) is 6.04 Å². The monoisotopic (exact) mass is 237 g/mol. The zero-order valence-corrected chi connectivity index (χ0v) is 9.35. The van der Waals surface area contributed by atoms with Gasteiger partial charge in [-0.1, -0.05) is 12.1 Å². The number of hydrogen-bond donors (Lipinski definition) is 2. The fourth-order valence-corrected chi connectivity index (χ4v) is 2.16. The molecule has 2 rings (SSSR count). The van der Waals surface area contributed by atoms with Crippen LogP contribution in [0.5, 0.6) is 0 Å². The Morgan fingerprint density at radius 1 is 1.44 bits per heavy atom. The van der Waals surface area contributed by atoms with Crippen molar-refractivity contribution in [3.8, 4) is 0 Å². The Hall–Kier alpha value is -1.49. The molecule has 0 aliphatic carbocycles. The van der Waals surface area contributed by atoms with Crippen molar-refractivity contribution < 1.29 is 14.7 Å². The van der Waals surface area contributed by atoms with Gasteiger partial charge in [-0.3, -0.25) is 9.69 Å². The molecular formula is C11H11NO3S. The third-order valence-electron chi connectivity index (χ3n) is 2.64. The van der Waals surface area contributed by atoms with Crippen LogP contribution < -0.4 is 4.90 Å². The maximum Gasteiger partial charge on any atom is 0.326 e. The van der Waals surface area contributed by atoms with Crippen LogP contribution in [-0.2, 0) is 9.59 Å². The fourth-order valence-electron chi connectivity index (χ4n) is 1.89. The van der Waals surface area contributed by atoms with Crippen LogP contribution in [0.25, 0.3) is 0 Å². The summed E-state index contributed by atoms with van der Waals surface area (Å²) in [5, 5.41) is 9.03. The van der Waals surface area contributed by atoms with Gasteiger partial charge in [-0.2, -0.15) is 0 Å². The van der Waals surface area contributed by atoms with Gasteiger partial charge >= 0.3 is 5.97 Å². The van der Waals surface area contributed by atoms with Gasteiger partial charge in [-0.25, -0.2) is 4.79 Å². The highest BCUT2D eigenvalue weighted by Gasteiger charge is 2.37. The van der Waals surface area contributed by atoms with Crippen LogP contribution in [0, 0.1) is 0 Å². The van der Waals surface area contributed by atoms with Crippen molar-refractivity contribution in [2.75, 3.05) is 4.90 Å². The maximum atomic E-state index is 11.7. The Kier molecular flexibility index (Phi) is 2.87. The summed E-state index contributed by atoms with van der Waals surface area (Å²) >= 11 is 4.24. The van der Waals surface area contributed by atoms with E-state index >= 15 is 0 Å². The van der Waals surface area contributed by atoms with Crippen LogP contribution in [0.1, 0.15) is 12.8 Å². The van der Waals surface area contributed by atoms with Crippen molar-refractivity contribution in [1.82, 2.24) is 0 Å². The van der Waals surface area contributed by atoms with Crippen LogP contribution in [0.3, 0.4) is 0 Å². The van der Waals surface area contributed by atoms with E-state index in [4.69, 9.17) is 5.11 Å². The van der Waals surface area contributed by atoms with Crippen molar-refractivity contribution in [2.45, 2.75) is 23.8 Å². The SMILES string of the molecule is O=C(O)C1CCC(=O)N1c1ccccc1S. The molecule has 1 fully saturated rings. The minimum absolute atomic E-state index is 0.158. The van der Waals surface area contributed by atoms with Gasteiger partial charge in [0.25, 0.3) is 0 Å². The first kappa shape index (κ1) is 11.0. The first-order chi connectivity index (χ1) is 7.61. The molecule has 0 spiro atoms. The number of carbonyl (C=O) groups is 2. The number of benzene rings is 1. The predicted octanol–water partition coefficient (Wildman–Crippen LogP) is 1.56. The maximum absolute atomic E-state index is 11.7. The number of para-hydroxylation sites is 1. The highest BCUT2D eigenvalue weighted by molar-refractivity contribution is 7.80. The summed E-state index contributed by atoms with van der Waals surface area (Å²) in [4.78, 5) is 24.6. The lowest BCUT2D eigenvalue weighted by Crippen LogP contribution is -2.38. The van der Waals surface area contributed by atoms with E-state index in [-0.39, 0.29) is 12.3 Å². The second-order valence-electron chi connectivity index (χ2n) is 3.65. The van der Waals surface area contributed by atoms with E-state index in [9.17, 15) is 9.59 Å². The molecule has 1 atom stereocenters. The molecule has 0 radical (unpaired) electrons. The molecule has 1 aromatic rings. The number of carboxylic acid groups (broad SMARTS) is 1. The summed E-state index contributed by atoms with van der Waals surface area (Å²) in [6.45, 7) is 0. The third kappa shape index (κ3) is 1.78. The molecule has 16 heavy (non-hydrogen) atoms. The van der Waals surface area contributed by atoms with E-state index in [0.29, 0.717) is 17.0 Å². The van der Waals surface area contributed by atoms with Crippen LogP contribution >= 0.6 is 12.6 Å². The van der Waals surface area contributed by atoms with Crippen molar-refractivity contribution in [3.63, 3.8) is 0 Å². The molecule has 1 heterocycles. The highest BCUT2D eigenvalue weighted by atomic mass is 32.1. The van der Waals surface area contributed by atoms with Crippen molar-refractivity contribution in [1.29, 1.82) is 0 Å². The number of anilines is 1. The lowest BCUT2D eigenvalue weighted by Gasteiger charge is -2.22. The van der Waals surface area contributed by atoms with Gasteiger partial charge in [-0.15, -0.1) is 12.6 Å². The molecule has 1 N–H and O–H groups in total. The topological polar surface area (TPSA) is 57.6 Å². The average molecular weight is 237 g/mol. The predicted molar refractivity (Wildman–Crippen MR) is 61.8 cm³/mol. The Morgan fingerprint density at radius 2 is 2.12 bits per heavy atom. The van der Waals surface area contributed by atoms with Gasteiger partial charge in [-0.05, 0) is 18.6 Å². The van der Waals surface area contributed by atoms with E-state index in [1.54, 1.807) is 24.3 Å². The molecule has 4 nitrogen and oxygen atoms in total. The number of amides is 1. The Morgan fingerprint density at radius 3 is 2.75 bits per heavy atom. The molecule has 1 aromatic carbocycles. The van der Waals surface area contributed by atoms with Crippen molar-refractivity contribution in [3.05, 3.63) is 24.3 Å². The summed E-state index contributed by atoms with van der Waals surface area (Å²) in [5.74, 6) is -1.13. The number of hydrogen-bond acceptors (Lipinski definition) is 3. The molecule has 5 heteroatoms. The Labute approximate surface area is 98.3 Å². The molecule has 84 valence electrons. The van der Waals surface area contributed by atoms with Crippen LogP contribution in [0.2, 0.25) is 0 Å². The summed E-state index contributed by atoms with van der Waals surface area (Å²) in [7, 11) is 0.